The zero-order chi connectivity index (χ0) is 14.1. The van der Waals surface area contributed by atoms with E-state index < -0.39 is 5.37 Å². The molecule has 2 nitrogen and oxygen atoms in total. The molecule has 3 rings (SSSR count). The van der Waals surface area contributed by atoms with Gasteiger partial charge in [0.05, 0.1) is 5.75 Å². The Balaban J connectivity index is 2.01. The topological polar surface area (TPSA) is 20.3 Å². The number of nitrogens with zero attached hydrogens (tertiary/aromatic N) is 1. The number of benzene rings is 2. The van der Waals surface area contributed by atoms with Gasteiger partial charge in [-0.2, -0.15) is 0 Å². The molecule has 0 spiro atoms. The molecule has 1 saturated heterocycles. The molecule has 1 aliphatic heterocycles. The van der Waals surface area contributed by atoms with E-state index in [9.17, 15) is 13.6 Å². The van der Waals surface area contributed by atoms with Crippen LogP contribution in [0.4, 0.5) is 14.5 Å². The second-order valence-corrected chi connectivity index (χ2v) is 5.49. The quantitative estimate of drug-likeness (QED) is 0.840. The normalized spacial score (nSPS) is 18.6. The minimum Gasteiger partial charge on any atom is -0.295 e. The van der Waals surface area contributed by atoms with Crippen LogP contribution in [-0.2, 0) is 4.79 Å². The second kappa shape index (κ2) is 5.25. The molecule has 0 aromatic heterocycles. The lowest BCUT2D eigenvalue weighted by atomic mass is 10.1. The third-order valence-electron chi connectivity index (χ3n) is 3.14. The molecule has 5 heteroatoms. The molecule has 2 aromatic carbocycles. The van der Waals surface area contributed by atoms with Crippen molar-refractivity contribution in [3.63, 3.8) is 0 Å². The maximum atomic E-state index is 13.9. The molecule has 0 radical (unpaired) electrons. The van der Waals surface area contributed by atoms with Gasteiger partial charge in [0.1, 0.15) is 17.0 Å². The highest BCUT2D eigenvalue weighted by atomic mass is 32.2. The fraction of sp³-hybridized carbons (Fsp3) is 0.133. The van der Waals surface area contributed by atoms with E-state index >= 15 is 0 Å². The minimum atomic E-state index is -0.408. The average molecular weight is 291 g/mol. The van der Waals surface area contributed by atoms with Crippen molar-refractivity contribution in [1.29, 1.82) is 0 Å². The third-order valence-corrected chi connectivity index (χ3v) is 4.34. The van der Waals surface area contributed by atoms with Crippen LogP contribution in [0.3, 0.4) is 0 Å². The molecule has 0 saturated carbocycles. The molecule has 102 valence electrons. The standard InChI is InChI=1S/C15H11F2NOS/c16-10-5-7-11(8-6-10)18-14(19)9-20-15(18)12-3-1-2-4-13(12)17/h1-8,15H,9H2/t15-/m0/s1. The Morgan fingerprint density at radius 3 is 2.45 bits per heavy atom. The Morgan fingerprint density at radius 2 is 1.75 bits per heavy atom. The van der Waals surface area contributed by atoms with Gasteiger partial charge in [-0.3, -0.25) is 9.69 Å². The Bertz CT molecular complexity index is 645. The molecule has 0 bridgehead atoms. The Morgan fingerprint density at radius 1 is 1.05 bits per heavy atom. The van der Waals surface area contributed by atoms with E-state index in [1.165, 1.54) is 47.0 Å². The van der Waals surface area contributed by atoms with Crippen LogP contribution in [-0.4, -0.2) is 11.7 Å². The van der Waals surface area contributed by atoms with Crippen molar-refractivity contribution in [2.75, 3.05) is 10.7 Å². The number of hydrogen-bond acceptors (Lipinski definition) is 2. The van der Waals surface area contributed by atoms with Crippen molar-refractivity contribution in [3.05, 3.63) is 65.7 Å². The van der Waals surface area contributed by atoms with Gasteiger partial charge in [0.25, 0.3) is 0 Å². The lowest BCUT2D eigenvalue weighted by molar-refractivity contribution is -0.115. The maximum Gasteiger partial charge on any atom is 0.238 e. The first-order chi connectivity index (χ1) is 9.66. The van der Waals surface area contributed by atoms with E-state index in [1.54, 1.807) is 18.2 Å². The number of rotatable bonds is 2. The Kier molecular flexibility index (Phi) is 3.44. The van der Waals surface area contributed by atoms with Crippen LogP contribution in [0.5, 0.6) is 0 Å². The summed E-state index contributed by atoms with van der Waals surface area (Å²) in [6.07, 6.45) is 0. The zero-order valence-electron chi connectivity index (χ0n) is 10.4. The molecular weight excluding hydrogens is 280 g/mol. The lowest BCUT2D eigenvalue weighted by Crippen LogP contribution is -2.28. The molecule has 0 unspecified atom stereocenters. The Hall–Kier alpha value is -1.88. The van der Waals surface area contributed by atoms with Gasteiger partial charge in [-0.1, -0.05) is 18.2 Å². The molecule has 2 aromatic rings. The van der Waals surface area contributed by atoms with Gasteiger partial charge in [0.2, 0.25) is 5.91 Å². The smallest absolute Gasteiger partial charge is 0.238 e. The lowest BCUT2D eigenvalue weighted by Gasteiger charge is -2.24. The minimum absolute atomic E-state index is 0.102. The SMILES string of the molecule is O=C1CS[C@@H](c2ccccc2F)N1c1ccc(F)cc1. The largest absolute Gasteiger partial charge is 0.295 e. The van der Waals surface area contributed by atoms with E-state index in [0.717, 1.165) is 0 Å². The number of anilines is 1. The van der Waals surface area contributed by atoms with Crippen molar-refractivity contribution >= 4 is 23.4 Å². The van der Waals surface area contributed by atoms with E-state index in [-0.39, 0.29) is 23.3 Å². The van der Waals surface area contributed by atoms with Gasteiger partial charge in [0.15, 0.2) is 0 Å². The average Bonchev–Trinajstić information content (AvgIpc) is 2.82. The van der Waals surface area contributed by atoms with Crippen molar-refractivity contribution in [3.8, 4) is 0 Å². The first-order valence-corrected chi connectivity index (χ1v) is 7.15. The number of halogens is 2. The van der Waals surface area contributed by atoms with E-state index in [4.69, 9.17) is 0 Å². The van der Waals surface area contributed by atoms with Crippen LogP contribution in [0.25, 0.3) is 0 Å². The summed E-state index contributed by atoms with van der Waals surface area (Å²) in [4.78, 5) is 13.6. The van der Waals surface area contributed by atoms with Gasteiger partial charge in [-0.15, -0.1) is 11.8 Å². The first kappa shape index (κ1) is 13.1. The van der Waals surface area contributed by atoms with E-state index in [2.05, 4.69) is 0 Å². The van der Waals surface area contributed by atoms with Crippen molar-refractivity contribution < 1.29 is 13.6 Å². The van der Waals surface area contributed by atoms with Gasteiger partial charge in [0, 0.05) is 11.3 Å². The van der Waals surface area contributed by atoms with Gasteiger partial charge in [-0.25, -0.2) is 8.78 Å². The van der Waals surface area contributed by atoms with Gasteiger partial charge in [-0.05, 0) is 30.3 Å². The Labute approximate surface area is 119 Å². The van der Waals surface area contributed by atoms with Crippen molar-refractivity contribution in [2.45, 2.75) is 5.37 Å². The van der Waals surface area contributed by atoms with E-state index in [0.29, 0.717) is 11.3 Å². The number of carbonyl (C=O) groups is 1. The van der Waals surface area contributed by atoms with Crippen molar-refractivity contribution in [2.24, 2.45) is 0 Å². The molecule has 0 N–H and O–H groups in total. The van der Waals surface area contributed by atoms with Crippen LogP contribution in [0, 0.1) is 11.6 Å². The maximum absolute atomic E-state index is 13.9. The van der Waals surface area contributed by atoms with Crippen LogP contribution < -0.4 is 4.90 Å². The summed E-state index contributed by atoms with van der Waals surface area (Å²) in [7, 11) is 0. The predicted octanol–water partition coefficient (Wildman–Crippen LogP) is 3.74. The summed E-state index contributed by atoms with van der Waals surface area (Å²) >= 11 is 1.37. The monoisotopic (exact) mass is 291 g/mol. The molecule has 1 aliphatic rings. The first-order valence-electron chi connectivity index (χ1n) is 6.10. The molecule has 1 fully saturated rings. The number of hydrogen-bond donors (Lipinski definition) is 0. The molecule has 1 atom stereocenters. The summed E-state index contributed by atoms with van der Waals surface area (Å²) in [5, 5.41) is -0.408. The fourth-order valence-corrected chi connectivity index (χ4v) is 3.41. The highest BCUT2D eigenvalue weighted by Crippen LogP contribution is 2.42. The molecule has 20 heavy (non-hydrogen) atoms. The molecular formula is C15H11F2NOS. The van der Waals surface area contributed by atoms with Crippen LogP contribution in [0.1, 0.15) is 10.9 Å². The predicted molar refractivity (Wildman–Crippen MR) is 75.5 cm³/mol. The summed E-state index contributed by atoms with van der Waals surface area (Å²) in [6, 6.07) is 12.1. The highest BCUT2D eigenvalue weighted by molar-refractivity contribution is 8.00. The number of amides is 1. The summed E-state index contributed by atoms with van der Waals surface area (Å²) in [5.74, 6) is -0.520. The number of carbonyl (C=O) groups excluding carboxylic acids is 1. The highest BCUT2D eigenvalue weighted by Gasteiger charge is 2.35. The number of thioether (sulfide) groups is 1. The molecule has 1 heterocycles. The summed E-state index contributed by atoms with van der Waals surface area (Å²) in [6.45, 7) is 0. The molecule has 0 aliphatic carbocycles. The van der Waals surface area contributed by atoms with Gasteiger partial charge < -0.3 is 0 Å². The second-order valence-electron chi connectivity index (χ2n) is 4.43. The molecule has 1 amide bonds. The third kappa shape index (κ3) is 2.29. The van der Waals surface area contributed by atoms with Crippen LogP contribution >= 0.6 is 11.8 Å². The van der Waals surface area contributed by atoms with Gasteiger partial charge >= 0.3 is 0 Å². The van der Waals surface area contributed by atoms with Crippen LogP contribution in [0.15, 0.2) is 48.5 Å². The zero-order valence-corrected chi connectivity index (χ0v) is 11.2. The van der Waals surface area contributed by atoms with Crippen molar-refractivity contribution in [1.82, 2.24) is 0 Å². The summed E-state index contributed by atoms with van der Waals surface area (Å²) in [5.41, 5.74) is 1.04. The van der Waals surface area contributed by atoms with Crippen LogP contribution in [0.2, 0.25) is 0 Å². The summed E-state index contributed by atoms with van der Waals surface area (Å²) < 4.78 is 26.9. The van der Waals surface area contributed by atoms with E-state index in [1.807, 2.05) is 0 Å². The fourth-order valence-electron chi connectivity index (χ4n) is 2.21.